The predicted octanol–water partition coefficient (Wildman–Crippen LogP) is 0.853. The molecule has 3 rings (SSSR count). The molecule has 36 heavy (non-hydrogen) atoms. The molecule has 6 atom stereocenters. The lowest BCUT2D eigenvalue weighted by Gasteiger charge is -2.35. The number of nitrogens with zero attached hydrogens (tertiary/aromatic N) is 2. The van der Waals surface area contributed by atoms with Crippen molar-refractivity contribution < 1.29 is 50.7 Å². The van der Waals surface area contributed by atoms with E-state index in [0.717, 1.165) is 6.92 Å². The molecule has 0 saturated carbocycles. The van der Waals surface area contributed by atoms with E-state index >= 15 is 0 Å². The Morgan fingerprint density at radius 2 is 2.08 bits per heavy atom. The van der Waals surface area contributed by atoms with E-state index in [-0.39, 0.29) is 5.75 Å². The van der Waals surface area contributed by atoms with Crippen molar-refractivity contribution in [2.24, 2.45) is 4.99 Å². The van der Waals surface area contributed by atoms with Crippen LogP contribution in [0.5, 0.6) is 5.75 Å². The summed E-state index contributed by atoms with van der Waals surface area (Å²) in [5, 5.41) is 34.1. The number of aliphatic hydroxyl groups excluding tert-OH is 2. The summed E-state index contributed by atoms with van der Waals surface area (Å²) < 4.78 is 50.8. The number of urea groups is 1. The summed E-state index contributed by atoms with van der Waals surface area (Å²) in [4.78, 5) is 27.8. The van der Waals surface area contributed by atoms with Gasteiger partial charge < -0.3 is 29.3 Å². The number of aliphatic imine (C=N–C) groups is 1. The van der Waals surface area contributed by atoms with Gasteiger partial charge in [0.15, 0.2) is 6.23 Å². The zero-order chi connectivity index (χ0) is 28.5. The zero-order valence-corrected chi connectivity index (χ0v) is 20.9. The number of hydrogen-bond acceptors (Lipinski definition) is 10. The van der Waals surface area contributed by atoms with Gasteiger partial charge in [-0.25, -0.2) is 19.8 Å². The number of esters is 1. The summed E-state index contributed by atoms with van der Waals surface area (Å²) in [6.07, 6.45) is -5.29. The highest BCUT2D eigenvalue weighted by Crippen LogP contribution is 2.46. The molecule has 15 heteroatoms. The van der Waals surface area contributed by atoms with Crippen LogP contribution in [0.4, 0.5) is 4.79 Å². The summed E-state index contributed by atoms with van der Waals surface area (Å²) in [7, 11) is -4.34. The van der Waals surface area contributed by atoms with E-state index in [1.807, 2.05) is 5.43 Å². The van der Waals surface area contributed by atoms with Crippen molar-refractivity contribution in [1.29, 1.82) is 0 Å². The van der Waals surface area contributed by atoms with Crippen LogP contribution >= 0.6 is 7.75 Å². The van der Waals surface area contributed by atoms with Crippen molar-refractivity contribution in [3.8, 4) is 5.75 Å². The maximum absolute atomic E-state index is 13.6. The van der Waals surface area contributed by atoms with Crippen molar-refractivity contribution in [3.05, 3.63) is 30.3 Å². The molecule has 0 aromatic heterocycles. The molecule has 200 valence electrons. The minimum absolute atomic E-state index is 0.133. The molecule has 14 nitrogen and oxygen atoms in total. The number of carbonyl (C=O) groups excluding carboxylic acids is 2. The normalized spacial score (nSPS) is 31.2. The number of aliphatic hydroxyl groups is 3. The number of benzene rings is 1. The first-order valence-electron chi connectivity index (χ1n) is 12.0. The van der Waals surface area contributed by atoms with Crippen LogP contribution in [-0.4, -0.2) is 87.5 Å². The Morgan fingerprint density at radius 3 is 2.72 bits per heavy atom. The van der Waals surface area contributed by atoms with Crippen LogP contribution in [0.2, 0.25) is 0 Å². The van der Waals surface area contributed by atoms with E-state index in [2.05, 4.69) is 10.1 Å². The molecule has 5 N–H and O–H groups in total. The summed E-state index contributed by atoms with van der Waals surface area (Å²) in [6.45, 7) is 2.45. The fourth-order valence-electron chi connectivity index (χ4n) is 3.35. The third-order valence-corrected chi connectivity index (χ3v) is 6.76. The third-order valence-electron chi connectivity index (χ3n) is 5.12. The first-order valence-corrected chi connectivity index (χ1v) is 12.5. The van der Waals surface area contributed by atoms with E-state index in [1.54, 1.807) is 32.0 Å². The van der Waals surface area contributed by atoms with Gasteiger partial charge in [-0.05, 0) is 39.8 Å². The molecule has 0 bridgehead atoms. The molecule has 1 aromatic carbocycles. The summed E-state index contributed by atoms with van der Waals surface area (Å²) in [5.41, 5.74) is -0.147. The number of hydrogen-bond donors (Lipinski definition) is 5. The van der Waals surface area contributed by atoms with Crippen molar-refractivity contribution in [1.82, 2.24) is 15.5 Å². The average molecular weight is 532 g/mol. The number of carbonyl (C=O) groups is 2. The maximum Gasteiger partial charge on any atom is 0.459 e. The number of nitrogens with one attached hydrogen (secondary N) is 2. The Kier molecular flexibility index (Phi) is 7.82. The van der Waals surface area contributed by atoms with Crippen LogP contribution < -0.4 is 15.0 Å². The van der Waals surface area contributed by atoms with Gasteiger partial charge in [-0.2, -0.15) is 10.1 Å². The number of para-hydroxylation sites is 1. The minimum atomic E-state index is -4.34. The lowest BCUT2D eigenvalue weighted by Crippen LogP contribution is -2.61. The van der Waals surface area contributed by atoms with Gasteiger partial charge in [0.05, 0.1) is 21.9 Å². The van der Waals surface area contributed by atoms with E-state index < -0.39 is 74.9 Å². The fourth-order valence-corrected chi connectivity index (χ4v) is 4.85. The monoisotopic (exact) mass is 532 g/mol. The van der Waals surface area contributed by atoms with Crippen molar-refractivity contribution in [2.45, 2.75) is 63.9 Å². The van der Waals surface area contributed by atoms with Crippen LogP contribution in [0.15, 0.2) is 35.3 Å². The number of rotatable bonds is 10. The van der Waals surface area contributed by atoms with Gasteiger partial charge in [-0.3, -0.25) is 9.32 Å². The van der Waals surface area contributed by atoms with E-state index in [0.29, 0.717) is 5.01 Å². The molecule has 2 aliphatic heterocycles. The lowest BCUT2D eigenvalue weighted by molar-refractivity contribution is -0.149. The molecule has 2 aliphatic rings. The van der Waals surface area contributed by atoms with E-state index in [1.165, 1.54) is 19.1 Å². The molecular weight excluding hydrogens is 499 g/mol. The molecule has 1 aromatic rings. The molecule has 2 heterocycles. The molecule has 1 fully saturated rings. The molecule has 0 radical (unpaired) electrons. The molecule has 0 unspecified atom stereocenters. The van der Waals surface area contributed by atoms with Gasteiger partial charge in [-0.1, -0.05) is 18.2 Å². The fraction of sp³-hybridized carbons (Fsp3) is 0.571. The largest absolute Gasteiger partial charge is 0.495 e. The standard InChI is InChI=1S/C21H31N4O10P/c1-12(2)33-18(28)13(3)24-36(31,35-14-8-6-5-7-9-14)32-11-15-17(27)21(4,30)19(34-15)25-20(29)23-16(26)10-22-25/h5-9,12-13,15,17,19,22,27,30H,10-11H2,1-4H3,(H,24,31)(H,23,26,29)/t13-,15+,17+,19+,21+,36-/m0/s1/i10D2. The topological polar surface area (TPSA) is 188 Å². The Hall–Kier alpha value is -2.58. The molecular formula is C21H31N4O10P. The van der Waals surface area contributed by atoms with Crippen LogP contribution in [0.3, 0.4) is 0 Å². The van der Waals surface area contributed by atoms with E-state index in [4.69, 9.17) is 21.3 Å². The Bertz CT molecular complexity index is 1110. The first-order chi connectivity index (χ1) is 17.6. The predicted molar refractivity (Wildman–Crippen MR) is 125 cm³/mol. The molecule has 0 spiro atoms. The zero-order valence-electron chi connectivity index (χ0n) is 22.0. The van der Waals surface area contributed by atoms with Crippen LogP contribution in [-0.2, 0) is 23.4 Å². The third kappa shape index (κ3) is 6.59. The van der Waals surface area contributed by atoms with Gasteiger partial charge in [0.1, 0.15) is 29.6 Å². The Morgan fingerprint density at radius 1 is 1.42 bits per heavy atom. The van der Waals surface area contributed by atoms with Crippen molar-refractivity contribution in [2.75, 3.05) is 13.1 Å². The van der Waals surface area contributed by atoms with Gasteiger partial charge >= 0.3 is 19.7 Å². The SMILES string of the molecule is [2H]C1([2H])NN([C@@H]2O[C@H](CO[P@@](=O)(N[C@@H](C)C(=O)OC(C)C)Oc3ccccc3)[C@@H](O)[C@@]2(C)O)C(=O)N=C1O. The van der Waals surface area contributed by atoms with Crippen LogP contribution in [0.25, 0.3) is 0 Å². The van der Waals surface area contributed by atoms with Gasteiger partial charge in [0.2, 0.25) is 5.90 Å². The Labute approximate surface area is 210 Å². The highest BCUT2D eigenvalue weighted by Gasteiger charge is 2.56. The number of ether oxygens (including phenoxy) is 2. The summed E-state index contributed by atoms with van der Waals surface area (Å²) >= 11 is 0. The molecule has 1 saturated heterocycles. The van der Waals surface area contributed by atoms with E-state index in [9.17, 15) is 29.5 Å². The number of hydrazine groups is 1. The van der Waals surface area contributed by atoms with Crippen molar-refractivity contribution in [3.63, 3.8) is 0 Å². The quantitative estimate of drug-likeness (QED) is 0.211. The van der Waals surface area contributed by atoms with Crippen LogP contribution in [0.1, 0.15) is 30.4 Å². The average Bonchev–Trinajstić information content (AvgIpc) is 3.04. The highest BCUT2D eigenvalue weighted by atomic mass is 31.2. The lowest BCUT2D eigenvalue weighted by atomic mass is 9.96. The minimum Gasteiger partial charge on any atom is -0.495 e. The second-order valence-electron chi connectivity index (χ2n) is 8.56. The first kappa shape index (κ1) is 25.1. The highest BCUT2D eigenvalue weighted by molar-refractivity contribution is 7.52. The molecule has 0 aliphatic carbocycles. The Balaban J connectivity index is 1.78. The van der Waals surface area contributed by atoms with Crippen LogP contribution in [0, 0.1) is 0 Å². The maximum atomic E-state index is 13.6. The second-order valence-corrected chi connectivity index (χ2v) is 10.3. The summed E-state index contributed by atoms with van der Waals surface area (Å²) in [5.74, 6) is -1.73. The van der Waals surface area contributed by atoms with Gasteiger partial charge in [0.25, 0.3) is 0 Å². The van der Waals surface area contributed by atoms with Crippen molar-refractivity contribution >= 4 is 25.6 Å². The smallest absolute Gasteiger partial charge is 0.459 e. The second kappa shape index (κ2) is 11.2. The number of amides is 2. The van der Waals surface area contributed by atoms with Gasteiger partial charge in [0, 0.05) is 0 Å². The summed E-state index contributed by atoms with van der Waals surface area (Å²) in [6, 6.07) is 5.57. The molecule has 2 amide bonds. The van der Waals surface area contributed by atoms with Gasteiger partial charge in [-0.15, -0.1) is 0 Å².